The highest BCUT2D eigenvalue weighted by atomic mass is 35.5. The third kappa shape index (κ3) is 7.26. The molecule has 0 radical (unpaired) electrons. The van der Waals surface area contributed by atoms with E-state index < -0.39 is 8.60 Å². The molecule has 0 aromatic carbocycles. The fourth-order valence-corrected chi connectivity index (χ4v) is 1.42. The molecule has 0 atom stereocenters. The van der Waals surface area contributed by atoms with Crippen LogP contribution in [0.25, 0.3) is 0 Å². The lowest BCUT2D eigenvalue weighted by Gasteiger charge is -2.06. The van der Waals surface area contributed by atoms with Gasteiger partial charge >= 0.3 is 8.60 Å². The van der Waals surface area contributed by atoms with Gasteiger partial charge in [0.15, 0.2) is 0 Å². The van der Waals surface area contributed by atoms with E-state index in [9.17, 15) is 0 Å². The SMILES string of the molecule is CCCCCOP(OCl)OCl. The minimum atomic E-state index is -1.54. The van der Waals surface area contributed by atoms with Crippen LogP contribution in [0.3, 0.4) is 0 Å². The number of unbranched alkanes of at least 4 members (excludes halogenated alkanes) is 2. The predicted molar refractivity (Wildman–Crippen MR) is 46.3 cm³/mol. The Bertz CT molecular complexity index is 82.1. The molecule has 0 saturated heterocycles. The summed E-state index contributed by atoms with van der Waals surface area (Å²) in [5.74, 6) is 0. The first-order valence-electron chi connectivity index (χ1n) is 3.35. The van der Waals surface area contributed by atoms with Crippen LogP contribution in [0.5, 0.6) is 0 Å². The molecule has 0 aromatic rings. The van der Waals surface area contributed by atoms with Gasteiger partial charge in [-0.15, -0.1) is 0 Å². The molecule has 6 heteroatoms. The van der Waals surface area contributed by atoms with E-state index in [0.29, 0.717) is 6.61 Å². The first-order chi connectivity index (χ1) is 5.35. The molecule has 0 unspecified atom stereocenters. The van der Waals surface area contributed by atoms with Gasteiger partial charge in [-0.25, -0.2) is 0 Å². The summed E-state index contributed by atoms with van der Waals surface area (Å²) in [6.07, 6.45) is 3.23. The van der Waals surface area contributed by atoms with E-state index in [-0.39, 0.29) is 0 Å². The molecule has 0 aliphatic heterocycles. The molecule has 0 N–H and O–H groups in total. The summed E-state index contributed by atoms with van der Waals surface area (Å²) in [6.45, 7) is 2.68. The van der Waals surface area contributed by atoms with E-state index in [1.807, 2.05) is 0 Å². The van der Waals surface area contributed by atoms with E-state index in [2.05, 4.69) is 15.1 Å². The molecule has 0 aliphatic rings. The van der Waals surface area contributed by atoms with Gasteiger partial charge in [-0.1, -0.05) is 19.8 Å². The number of halogens is 2. The van der Waals surface area contributed by atoms with Crippen LogP contribution in [-0.2, 0) is 12.7 Å². The second kappa shape index (κ2) is 8.98. The Kier molecular flexibility index (Phi) is 9.71. The normalized spacial score (nSPS) is 10.9. The second-order valence-corrected chi connectivity index (χ2v) is 3.71. The summed E-state index contributed by atoms with van der Waals surface area (Å²) in [4.78, 5) is 0. The van der Waals surface area contributed by atoms with Crippen molar-refractivity contribution in [3.05, 3.63) is 0 Å². The first kappa shape index (κ1) is 11.9. The Morgan fingerprint density at radius 3 is 2.27 bits per heavy atom. The molecule has 0 saturated carbocycles. The number of hydrogen-bond donors (Lipinski definition) is 0. The maximum atomic E-state index is 5.00. The molecular weight excluding hydrogens is 210 g/mol. The number of rotatable bonds is 7. The van der Waals surface area contributed by atoms with Gasteiger partial charge in [-0.05, 0) is 6.42 Å². The molecule has 0 aliphatic carbocycles. The molecule has 0 bridgehead atoms. The van der Waals surface area contributed by atoms with Crippen molar-refractivity contribution in [3.63, 3.8) is 0 Å². The van der Waals surface area contributed by atoms with Gasteiger partial charge in [0, 0.05) is 0 Å². The molecule has 0 rings (SSSR count). The van der Waals surface area contributed by atoms with Gasteiger partial charge in [0.25, 0.3) is 0 Å². The largest absolute Gasteiger partial charge is 0.368 e. The highest BCUT2D eigenvalue weighted by Gasteiger charge is 2.09. The highest BCUT2D eigenvalue weighted by molar-refractivity contribution is 7.43. The van der Waals surface area contributed by atoms with Crippen LogP contribution in [0.1, 0.15) is 26.2 Å². The van der Waals surface area contributed by atoms with Crippen LogP contribution in [-0.4, -0.2) is 6.61 Å². The van der Waals surface area contributed by atoms with E-state index >= 15 is 0 Å². The lowest BCUT2D eigenvalue weighted by molar-refractivity contribution is 0.269. The van der Waals surface area contributed by atoms with Crippen molar-refractivity contribution in [1.29, 1.82) is 0 Å². The van der Waals surface area contributed by atoms with E-state index in [1.165, 1.54) is 0 Å². The Morgan fingerprint density at radius 1 is 1.18 bits per heavy atom. The van der Waals surface area contributed by atoms with Crippen molar-refractivity contribution >= 4 is 32.3 Å². The van der Waals surface area contributed by atoms with Crippen LogP contribution < -0.4 is 0 Å². The van der Waals surface area contributed by atoms with Crippen molar-refractivity contribution in [2.45, 2.75) is 26.2 Å². The molecule has 0 fully saturated rings. The zero-order valence-corrected chi connectivity index (χ0v) is 8.66. The molecule has 0 heterocycles. The maximum Gasteiger partial charge on any atom is 0.368 e. The van der Waals surface area contributed by atoms with Gasteiger partial charge in [0.2, 0.25) is 0 Å². The Hall–Kier alpha value is 0.890. The van der Waals surface area contributed by atoms with Crippen molar-refractivity contribution in [1.82, 2.24) is 0 Å². The lowest BCUT2D eigenvalue weighted by atomic mass is 10.3. The number of hydrogen-bond acceptors (Lipinski definition) is 3. The van der Waals surface area contributed by atoms with E-state index in [1.54, 1.807) is 0 Å². The van der Waals surface area contributed by atoms with Crippen LogP contribution in [0, 0.1) is 0 Å². The Labute approximate surface area is 78.3 Å². The van der Waals surface area contributed by atoms with Gasteiger partial charge in [0.05, 0.1) is 30.3 Å². The molecular formula is C5H11Cl2O3P. The van der Waals surface area contributed by atoms with Crippen LogP contribution in [0.2, 0.25) is 0 Å². The molecule has 11 heavy (non-hydrogen) atoms. The minimum absolute atomic E-state index is 0.568. The zero-order valence-electron chi connectivity index (χ0n) is 6.26. The standard InChI is InChI=1S/C5H11Cl2O3P/c1-2-3-4-5-8-11(9-6)10-7/h2-5H2,1H3. The van der Waals surface area contributed by atoms with Crippen molar-refractivity contribution in [2.24, 2.45) is 0 Å². The maximum absolute atomic E-state index is 5.00. The minimum Gasteiger partial charge on any atom is -0.310 e. The average Bonchev–Trinajstić information content (AvgIpc) is 2.05. The monoisotopic (exact) mass is 220 g/mol. The summed E-state index contributed by atoms with van der Waals surface area (Å²) in [6, 6.07) is 0. The summed E-state index contributed by atoms with van der Waals surface area (Å²) in [7, 11) is -1.54. The second-order valence-electron chi connectivity index (χ2n) is 1.90. The fourth-order valence-electron chi connectivity index (χ4n) is 0.542. The molecule has 0 amide bonds. The van der Waals surface area contributed by atoms with Crippen molar-refractivity contribution in [2.75, 3.05) is 6.61 Å². The first-order valence-corrected chi connectivity index (χ1v) is 5.06. The third-order valence-electron chi connectivity index (χ3n) is 1.06. The van der Waals surface area contributed by atoms with Gasteiger partial charge in [0.1, 0.15) is 0 Å². The van der Waals surface area contributed by atoms with Gasteiger partial charge in [-0.3, -0.25) is 0 Å². The van der Waals surface area contributed by atoms with E-state index in [4.69, 9.17) is 28.3 Å². The third-order valence-corrected chi connectivity index (χ3v) is 2.35. The Balaban J connectivity index is 3.07. The smallest absolute Gasteiger partial charge is 0.310 e. The quantitative estimate of drug-likeness (QED) is 0.483. The molecule has 0 aromatic heterocycles. The molecule has 68 valence electrons. The zero-order chi connectivity index (χ0) is 8.53. The van der Waals surface area contributed by atoms with Crippen molar-refractivity contribution in [3.8, 4) is 0 Å². The van der Waals surface area contributed by atoms with Crippen LogP contribution in [0.4, 0.5) is 0 Å². The van der Waals surface area contributed by atoms with Crippen LogP contribution in [0.15, 0.2) is 0 Å². The summed E-state index contributed by atoms with van der Waals surface area (Å²) >= 11 is 9.95. The topological polar surface area (TPSA) is 27.7 Å². The predicted octanol–water partition coefficient (Wildman–Crippen LogP) is 3.76. The van der Waals surface area contributed by atoms with E-state index in [0.717, 1.165) is 19.3 Å². The molecule has 0 spiro atoms. The summed E-state index contributed by atoms with van der Waals surface area (Å²) in [5, 5.41) is 0. The molecule has 3 nitrogen and oxygen atoms in total. The summed E-state index contributed by atoms with van der Waals surface area (Å²) in [5.41, 5.74) is 0. The lowest BCUT2D eigenvalue weighted by Crippen LogP contribution is -1.89. The van der Waals surface area contributed by atoms with Crippen LogP contribution >= 0.6 is 32.3 Å². The highest BCUT2D eigenvalue weighted by Crippen LogP contribution is 2.42. The fraction of sp³-hybridized carbons (Fsp3) is 1.00. The van der Waals surface area contributed by atoms with Gasteiger partial charge in [-0.2, -0.15) is 8.15 Å². The van der Waals surface area contributed by atoms with Gasteiger partial charge < -0.3 is 4.52 Å². The summed E-state index contributed by atoms with van der Waals surface area (Å²) < 4.78 is 13.5. The average molecular weight is 221 g/mol. The Morgan fingerprint density at radius 2 is 1.82 bits per heavy atom. The van der Waals surface area contributed by atoms with Crippen molar-refractivity contribution < 1.29 is 12.7 Å².